The maximum atomic E-state index is 5.89. The van der Waals surface area contributed by atoms with Crippen molar-refractivity contribution in [3.63, 3.8) is 0 Å². The summed E-state index contributed by atoms with van der Waals surface area (Å²) in [6.07, 6.45) is 0. The Kier molecular flexibility index (Phi) is 4.68. The van der Waals surface area contributed by atoms with Crippen LogP contribution in [0.5, 0.6) is 5.88 Å². The second kappa shape index (κ2) is 6.31. The van der Waals surface area contributed by atoms with Gasteiger partial charge in [-0.15, -0.1) is 0 Å². The van der Waals surface area contributed by atoms with E-state index in [9.17, 15) is 0 Å². The highest BCUT2D eigenvalue weighted by Gasteiger charge is 2.11. The van der Waals surface area contributed by atoms with Crippen LogP contribution in [0.1, 0.15) is 37.6 Å². The minimum absolute atomic E-state index is 0.104. The van der Waals surface area contributed by atoms with Crippen molar-refractivity contribution in [3.05, 3.63) is 47.2 Å². The average Bonchev–Trinajstić information content (AvgIpc) is 2.72. The third-order valence-corrected chi connectivity index (χ3v) is 3.26. The van der Waals surface area contributed by atoms with E-state index >= 15 is 0 Å². The number of rotatable bonds is 5. The monoisotopic (exact) mass is 287 g/mol. The molecule has 0 radical (unpaired) electrons. The van der Waals surface area contributed by atoms with Crippen molar-refractivity contribution in [3.8, 4) is 5.88 Å². The van der Waals surface area contributed by atoms with Gasteiger partial charge in [0.15, 0.2) is 0 Å². The molecule has 0 aliphatic rings. The first-order valence-corrected chi connectivity index (χ1v) is 7.30. The molecule has 0 amide bonds. The Labute approximate surface area is 127 Å². The molecule has 0 unspecified atom stereocenters. The number of ether oxygens (including phenoxy) is 1. The first-order valence-electron chi connectivity index (χ1n) is 7.30. The number of nitrogens with one attached hydrogen (secondary N) is 1. The van der Waals surface area contributed by atoms with Gasteiger partial charge in [-0.25, -0.2) is 4.68 Å². The number of aromatic nitrogens is 2. The Hall–Kier alpha value is -1.81. The molecule has 1 aromatic heterocycles. The van der Waals surface area contributed by atoms with Gasteiger partial charge >= 0.3 is 0 Å². The van der Waals surface area contributed by atoms with E-state index in [-0.39, 0.29) is 5.54 Å². The van der Waals surface area contributed by atoms with E-state index in [2.05, 4.69) is 49.4 Å². The van der Waals surface area contributed by atoms with E-state index in [4.69, 9.17) is 4.74 Å². The van der Waals surface area contributed by atoms with Crippen LogP contribution in [0.2, 0.25) is 0 Å². The first kappa shape index (κ1) is 15.6. The van der Waals surface area contributed by atoms with Crippen LogP contribution in [0.15, 0.2) is 30.3 Å². The maximum Gasteiger partial charge on any atom is 0.212 e. The second-order valence-electron chi connectivity index (χ2n) is 6.41. The van der Waals surface area contributed by atoms with E-state index < -0.39 is 0 Å². The maximum absolute atomic E-state index is 5.89. The zero-order chi connectivity index (χ0) is 15.5. The van der Waals surface area contributed by atoms with Crippen molar-refractivity contribution in [2.45, 2.75) is 46.4 Å². The molecule has 0 saturated carbocycles. The van der Waals surface area contributed by atoms with Crippen LogP contribution in [0.25, 0.3) is 0 Å². The number of hydrogen-bond acceptors (Lipinski definition) is 3. The van der Waals surface area contributed by atoms with Crippen molar-refractivity contribution < 1.29 is 4.74 Å². The zero-order valence-corrected chi connectivity index (χ0v) is 13.6. The van der Waals surface area contributed by atoms with E-state index in [1.165, 1.54) is 11.1 Å². The summed E-state index contributed by atoms with van der Waals surface area (Å²) in [5.74, 6) is 0.797. The first-order chi connectivity index (χ1) is 9.85. The fourth-order valence-corrected chi connectivity index (χ4v) is 2.10. The van der Waals surface area contributed by atoms with Crippen molar-refractivity contribution >= 4 is 0 Å². The van der Waals surface area contributed by atoms with Gasteiger partial charge in [0.1, 0.15) is 6.61 Å². The van der Waals surface area contributed by atoms with Crippen LogP contribution >= 0.6 is 0 Å². The van der Waals surface area contributed by atoms with Crippen molar-refractivity contribution in [2.75, 3.05) is 0 Å². The van der Waals surface area contributed by atoms with Gasteiger partial charge in [0.2, 0.25) is 5.88 Å². The van der Waals surface area contributed by atoms with Gasteiger partial charge in [0.25, 0.3) is 0 Å². The SMILES string of the molecule is Cc1cc(OCc2ccccc2CNC(C)(C)C)n(C)n1. The molecule has 0 atom stereocenters. The fraction of sp³-hybridized carbons (Fsp3) is 0.471. The lowest BCUT2D eigenvalue weighted by Crippen LogP contribution is -2.35. The Morgan fingerprint density at radius 2 is 1.86 bits per heavy atom. The third kappa shape index (κ3) is 4.60. The van der Waals surface area contributed by atoms with Crippen LogP contribution in [0.4, 0.5) is 0 Å². The van der Waals surface area contributed by atoms with Crippen LogP contribution in [-0.4, -0.2) is 15.3 Å². The minimum atomic E-state index is 0.104. The van der Waals surface area contributed by atoms with Crippen LogP contribution in [-0.2, 0) is 20.2 Å². The Morgan fingerprint density at radius 3 is 2.43 bits per heavy atom. The predicted molar refractivity (Wildman–Crippen MR) is 85.3 cm³/mol. The summed E-state index contributed by atoms with van der Waals surface area (Å²) in [4.78, 5) is 0. The van der Waals surface area contributed by atoms with Crippen molar-refractivity contribution in [1.29, 1.82) is 0 Å². The summed E-state index contributed by atoms with van der Waals surface area (Å²) in [7, 11) is 1.90. The highest BCUT2D eigenvalue weighted by Crippen LogP contribution is 2.16. The minimum Gasteiger partial charge on any atom is -0.473 e. The summed E-state index contributed by atoms with van der Waals surface area (Å²) < 4.78 is 7.66. The van der Waals surface area contributed by atoms with E-state index in [0.717, 1.165) is 18.1 Å². The number of benzene rings is 1. The van der Waals surface area contributed by atoms with Gasteiger partial charge in [-0.05, 0) is 38.8 Å². The van der Waals surface area contributed by atoms with Gasteiger partial charge in [0, 0.05) is 25.2 Å². The highest BCUT2D eigenvalue weighted by atomic mass is 16.5. The lowest BCUT2D eigenvalue weighted by molar-refractivity contribution is 0.277. The molecule has 1 N–H and O–H groups in total. The molecule has 1 aromatic carbocycles. The Bertz CT molecular complexity index is 596. The molecule has 4 heteroatoms. The van der Waals surface area contributed by atoms with Crippen LogP contribution < -0.4 is 10.1 Å². The van der Waals surface area contributed by atoms with Gasteiger partial charge in [0.05, 0.1) is 5.69 Å². The third-order valence-electron chi connectivity index (χ3n) is 3.26. The van der Waals surface area contributed by atoms with Crippen molar-refractivity contribution in [2.24, 2.45) is 7.05 Å². The summed E-state index contributed by atoms with van der Waals surface area (Å²) >= 11 is 0. The largest absolute Gasteiger partial charge is 0.473 e. The molecule has 0 bridgehead atoms. The molecule has 21 heavy (non-hydrogen) atoms. The Balaban J connectivity index is 2.04. The number of hydrogen-bond donors (Lipinski definition) is 1. The molecule has 1 heterocycles. The average molecular weight is 287 g/mol. The quantitative estimate of drug-likeness (QED) is 0.918. The molecular formula is C17H25N3O. The zero-order valence-electron chi connectivity index (χ0n) is 13.6. The summed E-state index contributed by atoms with van der Waals surface area (Å²) in [6, 6.07) is 10.3. The Morgan fingerprint density at radius 1 is 1.19 bits per heavy atom. The number of nitrogens with zero attached hydrogens (tertiary/aromatic N) is 2. The van der Waals surface area contributed by atoms with E-state index in [1.807, 2.05) is 26.1 Å². The second-order valence-corrected chi connectivity index (χ2v) is 6.41. The highest BCUT2D eigenvalue weighted by molar-refractivity contribution is 5.27. The summed E-state index contributed by atoms with van der Waals surface area (Å²) in [6.45, 7) is 9.88. The molecule has 0 fully saturated rings. The van der Waals surface area contributed by atoms with Crippen LogP contribution in [0, 0.1) is 6.92 Å². The standard InChI is InChI=1S/C17H25N3O/c1-13-10-16(20(5)19-13)21-12-15-9-7-6-8-14(15)11-18-17(2,3)4/h6-10,18H,11-12H2,1-5H3. The van der Waals surface area contributed by atoms with Gasteiger partial charge in [-0.3, -0.25) is 0 Å². The molecule has 2 aromatic rings. The van der Waals surface area contributed by atoms with Crippen molar-refractivity contribution in [1.82, 2.24) is 15.1 Å². The lowest BCUT2D eigenvalue weighted by atomic mass is 10.1. The van der Waals surface area contributed by atoms with Gasteiger partial charge in [-0.2, -0.15) is 5.10 Å². The van der Waals surface area contributed by atoms with Gasteiger partial charge < -0.3 is 10.1 Å². The molecule has 0 spiro atoms. The lowest BCUT2D eigenvalue weighted by Gasteiger charge is -2.21. The molecule has 114 valence electrons. The molecule has 4 nitrogen and oxygen atoms in total. The molecular weight excluding hydrogens is 262 g/mol. The molecule has 0 saturated heterocycles. The summed E-state index contributed by atoms with van der Waals surface area (Å²) in [5.41, 5.74) is 3.54. The smallest absolute Gasteiger partial charge is 0.212 e. The topological polar surface area (TPSA) is 39.1 Å². The molecule has 0 aliphatic heterocycles. The molecule has 0 aliphatic carbocycles. The van der Waals surface area contributed by atoms with Crippen LogP contribution in [0.3, 0.4) is 0 Å². The van der Waals surface area contributed by atoms with Gasteiger partial charge in [-0.1, -0.05) is 24.3 Å². The van der Waals surface area contributed by atoms with E-state index in [0.29, 0.717) is 6.61 Å². The number of aryl methyl sites for hydroxylation is 2. The molecule has 2 rings (SSSR count). The predicted octanol–water partition coefficient (Wildman–Crippen LogP) is 3.20. The summed E-state index contributed by atoms with van der Waals surface area (Å²) in [5, 5.41) is 7.81. The van der Waals surface area contributed by atoms with E-state index in [1.54, 1.807) is 4.68 Å². The fourth-order valence-electron chi connectivity index (χ4n) is 2.10. The normalized spacial score (nSPS) is 11.7.